The van der Waals surface area contributed by atoms with Crippen molar-refractivity contribution in [2.45, 2.75) is 45.4 Å². The average Bonchev–Trinajstić information content (AvgIpc) is 2.60. The zero-order chi connectivity index (χ0) is 24.5. The molecule has 0 aliphatic heterocycles. The molecule has 0 bridgehead atoms. The van der Waals surface area contributed by atoms with Crippen LogP contribution in [0.25, 0.3) is 0 Å². The molecule has 1 aromatic heterocycles. The van der Waals surface area contributed by atoms with E-state index >= 15 is 0 Å². The molecule has 1 aromatic rings. The minimum atomic E-state index is -4.64. The Morgan fingerprint density at radius 1 is 1.16 bits per heavy atom. The molecule has 0 aliphatic carbocycles. The summed E-state index contributed by atoms with van der Waals surface area (Å²) < 4.78 is 44.1. The molecule has 0 aliphatic rings. The molecule has 0 fully saturated rings. The smallest absolute Gasteiger partial charge is 0.410 e. The average molecular weight is 527 g/mol. The van der Waals surface area contributed by atoms with Crippen LogP contribution >= 0.6 is 15.9 Å². The van der Waals surface area contributed by atoms with Crippen LogP contribution in [0.4, 0.5) is 28.6 Å². The molecule has 1 heterocycles. The SMILES string of the molecule is CC(C)(C)OC(=O)N(CCCN(CCC(=O)Nc1cc(Br)ccn1)C(=O)O)CC(F)(F)F. The van der Waals surface area contributed by atoms with Gasteiger partial charge in [0.2, 0.25) is 5.91 Å². The van der Waals surface area contributed by atoms with Gasteiger partial charge in [-0.1, -0.05) is 15.9 Å². The van der Waals surface area contributed by atoms with Gasteiger partial charge in [0.25, 0.3) is 0 Å². The van der Waals surface area contributed by atoms with E-state index in [2.05, 4.69) is 26.2 Å². The second-order valence-electron chi connectivity index (χ2n) is 7.80. The first kappa shape index (κ1) is 27.5. The van der Waals surface area contributed by atoms with Crippen molar-refractivity contribution in [3.63, 3.8) is 0 Å². The van der Waals surface area contributed by atoms with Gasteiger partial charge < -0.3 is 20.1 Å². The van der Waals surface area contributed by atoms with Crippen molar-refractivity contribution in [2.75, 3.05) is 31.5 Å². The van der Waals surface area contributed by atoms with Gasteiger partial charge in [-0.25, -0.2) is 14.6 Å². The van der Waals surface area contributed by atoms with Gasteiger partial charge in [-0.15, -0.1) is 0 Å². The first-order chi connectivity index (χ1) is 14.7. The number of carbonyl (C=O) groups excluding carboxylic acids is 2. The number of halogens is 4. The second-order valence-corrected chi connectivity index (χ2v) is 8.71. The number of nitrogens with zero attached hydrogens (tertiary/aromatic N) is 3. The standard InChI is InChI=1S/C19H26BrF3N4O5/c1-18(2,3)32-17(31)27(12-19(21,22)23)9-4-8-26(16(29)30)10-6-15(28)25-14-11-13(20)5-7-24-14/h5,7,11H,4,6,8-10,12H2,1-3H3,(H,29,30)(H,24,25,28). The third-order valence-electron chi connectivity index (χ3n) is 3.75. The summed E-state index contributed by atoms with van der Waals surface area (Å²) in [4.78, 5) is 40.9. The lowest BCUT2D eigenvalue weighted by Gasteiger charge is -2.28. The fraction of sp³-hybridized carbons (Fsp3) is 0.579. The Kier molecular flexibility index (Phi) is 10.2. The van der Waals surface area contributed by atoms with Gasteiger partial charge in [0.1, 0.15) is 18.0 Å². The van der Waals surface area contributed by atoms with E-state index in [9.17, 15) is 32.7 Å². The largest absolute Gasteiger partial charge is 0.465 e. The molecule has 3 amide bonds. The molecule has 0 spiro atoms. The minimum absolute atomic E-state index is 0.0730. The number of pyridine rings is 1. The van der Waals surface area contributed by atoms with E-state index in [1.807, 2.05) is 0 Å². The van der Waals surface area contributed by atoms with E-state index < -0.39 is 36.4 Å². The van der Waals surface area contributed by atoms with Gasteiger partial charge in [-0.3, -0.25) is 9.69 Å². The number of aromatic nitrogens is 1. The van der Waals surface area contributed by atoms with E-state index in [-0.39, 0.29) is 38.3 Å². The van der Waals surface area contributed by atoms with Crippen LogP contribution in [0.1, 0.15) is 33.6 Å². The van der Waals surface area contributed by atoms with Gasteiger partial charge in [0.15, 0.2) is 0 Å². The molecule has 13 heteroatoms. The van der Waals surface area contributed by atoms with Crippen LogP contribution in [0.2, 0.25) is 0 Å². The number of alkyl halides is 3. The zero-order valence-corrected chi connectivity index (χ0v) is 19.5. The van der Waals surface area contributed by atoms with Crippen molar-refractivity contribution in [1.29, 1.82) is 0 Å². The van der Waals surface area contributed by atoms with Gasteiger partial charge in [-0.2, -0.15) is 13.2 Å². The molecule has 180 valence electrons. The van der Waals surface area contributed by atoms with Crippen LogP contribution in [0.15, 0.2) is 22.8 Å². The van der Waals surface area contributed by atoms with E-state index in [0.29, 0.717) is 9.37 Å². The summed E-state index contributed by atoms with van der Waals surface area (Å²) in [5.74, 6) is -0.194. The summed E-state index contributed by atoms with van der Waals surface area (Å²) >= 11 is 3.23. The summed E-state index contributed by atoms with van der Waals surface area (Å²) in [6, 6.07) is 3.24. The Labute approximate surface area is 192 Å². The molecular weight excluding hydrogens is 501 g/mol. The highest BCUT2D eigenvalue weighted by molar-refractivity contribution is 9.10. The maximum absolute atomic E-state index is 12.8. The highest BCUT2D eigenvalue weighted by Gasteiger charge is 2.34. The second kappa shape index (κ2) is 11.9. The number of carboxylic acid groups (broad SMARTS) is 1. The summed E-state index contributed by atoms with van der Waals surface area (Å²) in [6.45, 7) is 2.34. The molecule has 32 heavy (non-hydrogen) atoms. The molecule has 0 aromatic carbocycles. The number of rotatable bonds is 9. The maximum Gasteiger partial charge on any atom is 0.410 e. The number of anilines is 1. The van der Waals surface area contributed by atoms with Gasteiger partial charge >= 0.3 is 18.4 Å². The number of nitrogens with one attached hydrogen (secondary N) is 1. The summed E-state index contributed by atoms with van der Waals surface area (Å²) in [5.41, 5.74) is -0.982. The third-order valence-corrected chi connectivity index (χ3v) is 4.24. The number of carbonyl (C=O) groups is 3. The van der Waals surface area contributed by atoms with Crippen molar-refractivity contribution in [2.24, 2.45) is 0 Å². The van der Waals surface area contributed by atoms with E-state index in [4.69, 9.17) is 4.74 Å². The number of hydrogen-bond donors (Lipinski definition) is 2. The Morgan fingerprint density at radius 2 is 1.78 bits per heavy atom. The molecule has 0 saturated heterocycles. The highest BCUT2D eigenvalue weighted by atomic mass is 79.9. The van der Waals surface area contributed by atoms with E-state index in [1.54, 1.807) is 12.1 Å². The Hall–Kier alpha value is -2.57. The van der Waals surface area contributed by atoms with Crippen LogP contribution in [0.5, 0.6) is 0 Å². The van der Waals surface area contributed by atoms with Crippen molar-refractivity contribution < 1.29 is 37.4 Å². The molecule has 0 atom stereocenters. The highest BCUT2D eigenvalue weighted by Crippen LogP contribution is 2.19. The Balaban J connectivity index is 2.61. The lowest BCUT2D eigenvalue weighted by atomic mass is 10.2. The van der Waals surface area contributed by atoms with Crippen LogP contribution < -0.4 is 5.32 Å². The van der Waals surface area contributed by atoms with E-state index in [1.165, 1.54) is 27.0 Å². The number of hydrogen-bond acceptors (Lipinski definition) is 5. The number of ether oxygens (including phenoxy) is 1. The molecule has 0 unspecified atom stereocenters. The molecule has 9 nitrogen and oxygen atoms in total. The fourth-order valence-corrected chi connectivity index (χ4v) is 2.78. The quantitative estimate of drug-likeness (QED) is 0.494. The lowest BCUT2D eigenvalue weighted by molar-refractivity contribution is -0.144. The normalized spacial score (nSPS) is 11.6. The van der Waals surface area contributed by atoms with Crippen molar-refractivity contribution >= 4 is 39.8 Å². The summed E-state index contributed by atoms with van der Waals surface area (Å²) in [7, 11) is 0. The van der Waals surface area contributed by atoms with Crippen molar-refractivity contribution in [3.8, 4) is 0 Å². The van der Waals surface area contributed by atoms with Crippen LogP contribution in [0.3, 0.4) is 0 Å². The number of amides is 3. The Bertz CT molecular complexity index is 802. The minimum Gasteiger partial charge on any atom is -0.465 e. The van der Waals surface area contributed by atoms with Crippen LogP contribution in [-0.2, 0) is 9.53 Å². The molecule has 0 radical (unpaired) electrons. The van der Waals surface area contributed by atoms with Crippen molar-refractivity contribution in [3.05, 3.63) is 22.8 Å². The van der Waals surface area contributed by atoms with Crippen molar-refractivity contribution in [1.82, 2.24) is 14.8 Å². The van der Waals surface area contributed by atoms with E-state index in [0.717, 1.165) is 4.90 Å². The third kappa shape index (κ3) is 11.7. The molecule has 0 saturated carbocycles. The monoisotopic (exact) mass is 526 g/mol. The van der Waals surface area contributed by atoms with Crippen LogP contribution in [0, 0.1) is 0 Å². The van der Waals surface area contributed by atoms with Crippen LogP contribution in [-0.4, -0.2) is 75.9 Å². The molecular formula is C19H26BrF3N4O5. The Morgan fingerprint density at radius 3 is 2.31 bits per heavy atom. The lowest BCUT2D eigenvalue weighted by Crippen LogP contribution is -2.43. The summed E-state index contributed by atoms with van der Waals surface area (Å²) in [5, 5.41) is 11.8. The fourth-order valence-electron chi connectivity index (χ4n) is 2.45. The predicted molar refractivity (Wildman–Crippen MR) is 113 cm³/mol. The summed E-state index contributed by atoms with van der Waals surface area (Å²) in [6.07, 6.45) is -5.90. The molecule has 2 N–H and O–H groups in total. The molecule has 1 rings (SSSR count). The topological polar surface area (TPSA) is 112 Å². The maximum atomic E-state index is 12.8. The zero-order valence-electron chi connectivity index (χ0n) is 17.9. The van der Waals surface area contributed by atoms with Gasteiger partial charge in [0.05, 0.1) is 0 Å². The van der Waals surface area contributed by atoms with Gasteiger partial charge in [0, 0.05) is 36.7 Å². The first-order valence-corrected chi connectivity index (χ1v) is 10.4. The first-order valence-electron chi connectivity index (χ1n) is 9.60. The predicted octanol–water partition coefficient (Wildman–Crippen LogP) is 4.34. The van der Waals surface area contributed by atoms with Gasteiger partial charge in [-0.05, 0) is 39.3 Å².